The van der Waals surface area contributed by atoms with E-state index in [1.54, 1.807) is 10.9 Å². The van der Waals surface area contributed by atoms with Crippen LogP contribution in [0.5, 0.6) is 0 Å². The fourth-order valence-corrected chi connectivity index (χ4v) is 2.78. The lowest BCUT2D eigenvalue weighted by molar-refractivity contribution is 0.134. The molecule has 2 aromatic rings. The molecule has 0 amide bonds. The van der Waals surface area contributed by atoms with Crippen molar-refractivity contribution in [1.82, 2.24) is 14.8 Å². The van der Waals surface area contributed by atoms with Crippen molar-refractivity contribution in [3.05, 3.63) is 47.5 Å². The number of aromatic nitrogens is 3. The maximum absolute atomic E-state index is 10.5. The van der Waals surface area contributed by atoms with E-state index in [1.807, 2.05) is 25.5 Å². The van der Waals surface area contributed by atoms with E-state index in [0.29, 0.717) is 0 Å². The van der Waals surface area contributed by atoms with Gasteiger partial charge in [0.15, 0.2) is 0 Å². The lowest BCUT2D eigenvalue weighted by atomic mass is 9.81. The Hall–Kier alpha value is -1.68. The average molecular weight is 243 g/mol. The predicted molar refractivity (Wildman–Crippen MR) is 68.1 cm³/mol. The Morgan fingerprint density at radius 1 is 1.50 bits per heavy atom. The number of aliphatic hydroxyl groups excluding tert-OH is 1. The summed E-state index contributed by atoms with van der Waals surface area (Å²) in [4.78, 5) is 4.47. The Bertz CT molecular complexity index is 549. The maximum atomic E-state index is 10.5. The van der Waals surface area contributed by atoms with Crippen LogP contribution < -0.4 is 0 Å². The summed E-state index contributed by atoms with van der Waals surface area (Å²) >= 11 is 0. The first-order valence-corrected chi connectivity index (χ1v) is 6.36. The molecule has 0 saturated heterocycles. The average Bonchev–Trinajstić information content (AvgIpc) is 2.84. The molecule has 1 aliphatic rings. The lowest BCUT2D eigenvalue weighted by Gasteiger charge is -2.27. The van der Waals surface area contributed by atoms with Crippen molar-refractivity contribution in [2.45, 2.75) is 31.3 Å². The number of pyridine rings is 1. The van der Waals surface area contributed by atoms with E-state index in [-0.39, 0.29) is 5.92 Å². The van der Waals surface area contributed by atoms with E-state index < -0.39 is 6.10 Å². The van der Waals surface area contributed by atoms with Crippen molar-refractivity contribution < 1.29 is 5.11 Å². The Morgan fingerprint density at radius 2 is 2.39 bits per heavy atom. The van der Waals surface area contributed by atoms with Crippen molar-refractivity contribution in [2.24, 2.45) is 7.05 Å². The fraction of sp³-hybridized carbons (Fsp3) is 0.429. The Balaban J connectivity index is 1.94. The van der Waals surface area contributed by atoms with Crippen LogP contribution in [0.25, 0.3) is 0 Å². The second-order valence-corrected chi connectivity index (χ2v) is 4.94. The van der Waals surface area contributed by atoms with Crippen LogP contribution in [0.4, 0.5) is 0 Å². The Labute approximate surface area is 106 Å². The summed E-state index contributed by atoms with van der Waals surface area (Å²) in [5.41, 5.74) is 3.21. The van der Waals surface area contributed by atoms with Gasteiger partial charge in [0.25, 0.3) is 0 Å². The topological polar surface area (TPSA) is 50.9 Å². The summed E-state index contributed by atoms with van der Waals surface area (Å²) in [7, 11) is 1.86. The van der Waals surface area contributed by atoms with Gasteiger partial charge in [-0.1, -0.05) is 6.07 Å². The van der Waals surface area contributed by atoms with Crippen LogP contribution >= 0.6 is 0 Å². The highest BCUT2D eigenvalue weighted by Crippen LogP contribution is 2.38. The highest BCUT2D eigenvalue weighted by atomic mass is 16.3. The molecule has 1 N–H and O–H groups in total. The van der Waals surface area contributed by atoms with Gasteiger partial charge in [-0.3, -0.25) is 9.67 Å². The normalized spacial score (nSPS) is 20.4. The van der Waals surface area contributed by atoms with Gasteiger partial charge >= 0.3 is 0 Å². The van der Waals surface area contributed by atoms with Gasteiger partial charge in [-0.05, 0) is 30.9 Å². The summed E-state index contributed by atoms with van der Waals surface area (Å²) in [6.45, 7) is 0. The van der Waals surface area contributed by atoms with E-state index >= 15 is 0 Å². The zero-order valence-electron chi connectivity index (χ0n) is 10.5. The van der Waals surface area contributed by atoms with Crippen molar-refractivity contribution >= 4 is 0 Å². The third kappa shape index (κ3) is 1.93. The van der Waals surface area contributed by atoms with Gasteiger partial charge in [0.05, 0.1) is 12.3 Å². The van der Waals surface area contributed by atoms with Gasteiger partial charge in [-0.25, -0.2) is 0 Å². The summed E-state index contributed by atoms with van der Waals surface area (Å²) in [6, 6.07) is 4.09. The van der Waals surface area contributed by atoms with E-state index in [1.165, 1.54) is 5.56 Å². The molecule has 0 aromatic carbocycles. The van der Waals surface area contributed by atoms with Gasteiger partial charge in [0.1, 0.15) is 0 Å². The Morgan fingerprint density at radius 3 is 3.17 bits per heavy atom. The van der Waals surface area contributed by atoms with Crippen molar-refractivity contribution in [1.29, 1.82) is 0 Å². The first-order valence-electron chi connectivity index (χ1n) is 6.36. The zero-order chi connectivity index (χ0) is 12.5. The first-order chi connectivity index (χ1) is 8.75. The van der Waals surface area contributed by atoms with Crippen LogP contribution in [-0.4, -0.2) is 19.9 Å². The highest BCUT2D eigenvalue weighted by Gasteiger charge is 2.29. The van der Waals surface area contributed by atoms with Crippen LogP contribution in [0.2, 0.25) is 0 Å². The molecular weight excluding hydrogens is 226 g/mol. The molecule has 1 aliphatic carbocycles. The van der Waals surface area contributed by atoms with E-state index in [9.17, 15) is 5.11 Å². The Kier molecular flexibility index (Phi) is 2.88. The van der Waals surface area contributed by atoms with Crippen LogP contribution in [0.1, 0.15) is 41.7 Å². The minimum atomic E-state index is -0.507. The molecule has 3 rings (SSSR count). The quantitative estimate of drug-likeness (QED) is 0.877. The van der Waals surface area contributed by atoms with Gasteiger partial charge in [0.2, 0.25) is 0 Å². The van der Waals surface area contributed by atoms with E-state index in [4.69, 9.17) is 0 Å². The molecule has 0 saturated carbocycles. The smallest absolute Gasteiger partial charge is 0.0904 e. The first kappa shape index (κ1) is 11.4. The van der Waals surface area contributed by atoms with Gasteiger partial charge in [0, 0.05) is 36.6 Å². The molecule has 18 heavy (non-hydrogen) atoms. The highest BCUT2D eigenvalue weighted by molar-refractivity contribution is 5.29. The van der Waals surface area contributed by atoms with Crippen LogP contribution in [-0.2, 0) is 13.5 Å². The third-order valence-electron chi connectivity index (χ3n) is 3.69. The molecule has 2 heterocycles. The third-order valence-corrected chi connectivity index (χ3v) is 3.69. The maximum Gasteiger partial charge on any atom is 0.0904 e. The lowest BCUT2D eigenvalue weighted by Crippen LogP contribution is -2.18. The molecule has 0 aliphatic heterocycles. The van der Waals surface area contributed by atoms with E-state index in [0.717, 1.165) is 30.5 Å². The number of hydrogen-bond donors (Lipinski definition) is 1. The van der Waals surface area contributed by atoms with Crippen molar-refractivity contribution in [3.8, 4) is 0 Å². The number of hydrogen-bond acceptors (Lipinski definition) is 3. The molecule has 4 nitrogen and oxygen atoms in total. The number of aryl methyl sites for hydroxylation is 2. The number of rotatable bonds is 2. The molecule has 4 heteroatoms. The number of fused-ring (bicyclic) bond motifs is 1. The van der Waals surface area contributed by atoms with Crippen LogP contribution in [0, 0.1) is 0 Å². The van der Waals surface area contributed by atoms with Gasteiger partial charge in [-0.2, -0.15) is 5.10 Å². The van der Waals surface area contributed by atoms with Crippen LogP contribution in [0.15, 0.2) is 30.7 Å². The molecule has 0 bridgehead atoms. The fourth-order valence-electron chi connectivity index (χ4n) is 2.78. The standard InChI is InChI=1S/C14H17N3O/c1-17-9-11(8-16-17)14(18)12-6-2-4-10-5-3-7-15-13(10)12/h3,5,7-9,12,14,18H,2,4,6H2,1H3. The molecule has 0 spiro atoms. The predicted octanol–water partition coefficient (Wildman–Crippen LogP) is 1.97. The van der Waals surface area contributed by atoms with Crippen LogP contribution in [0.3, 0.4) is 0 Å². The van der Waals surface area contributed by atoms with Crippen molar-refractivity contribution in [3.63, 3.8) is 0 Å². The second kappa shape index (κ2) is 4.53. The van der Waals surface area contributed by atoms with Crippen molar-refractivity contribution in [2.75, 3.05) is 0 Å². The SMILES string of the molecule is Cn1cc(C(O)C2CCCc3cccnc32)cn1. The second-order valence-electron chi connectivity index (χ2n) is 4.94. The number of aliphatic hydroxyl groups is 1. The molecule has 0 radical (unpaired) electrons. The minimum absolute atomic E-state index is 0.0964. The molecule has 2 aromatic heterocycles. The minimum Gasteiger partial charge on any atom is -0.388 e. The molecule has 94 valence electrons. The summed E-state index contributed by atoms with van der Waals surface area (Å²) in [6.07, 6.45) is 8.09. The van der Waals surface area contributed by atoms with Gasteiger partial charge < -0.3 is 5.11 Å². The molecular formula is C14H17N3O. The molecule has 2 atom stereocenters. The van der Waals surface area contributed by atoms with Gasteiger partial charge in [-0.15, -0.1) is 0 Å². The zero-order valence-corrected chi connectivity index (χ0v) is 10.5. The monoisotopic (exact) mass is 243 g/mol. The largest absolute Gasteiger partial charge is 0.388 e. The summed E-state index contributed by atoms with van der Waals surface area (Å²) in [5, 5.41) is 14.6. The summed E-state index contributed by atoms with van der Waals surface area (Å²) < 4.78 is 1.72. The summed E-state index contributed by atoms with van der Waals surface area (Å²) in [5.74, 6) is 0.0964. The van der Waals surface area contributed by atoms with E-state index in [2.05, 4.69) is 16.1 Å². The molecule has 0 fully saturated rings. The number of nitrogens with zero attached hydrogens (tertiary/aromatic N) is 3. The molecule has 2 unspecified atom stereocenters.